The molecule has 0 aromatic heterocycles. The van der Waals surface area contributed by atoms with Crippen molar-refractivity contribution < 1.29 is 25.0 Å². The van der Waals surface area contributed by atoms with Gasteiger partial charge in [-0.05, 0) is 11.6 Å². The van der Waals surface area contributed by atoms with Gasteiger partial charge in [-0.1, -0.05) is 13.3 Å². The van der Waals surface area contributed by atoms with E-state index in [9.17, 15) is 5.11 Å². The van der Waals surface area contributed by atoms with E-state index in [1.807, 2.05) is 6.92 Å². The monoisotopic (exact) mass is 209 g/mol. The van der Waals surface area contributed by atoms with Gasteiger partial charge >= 0.3 is 0 Å². The zero-order valence-electron chi connectivity index (χ0n) is 8.43. The fraction of sp³-hybridized carbons (Fsp3) is 1.00. The Kier molecular flexibility index (Phi) is 9.16. The largest absolute Gasteiger partial charge is 0.394 e. The minimum atomic E-state index is -0.877. The zero-order valence-corrected chi connectivity index (χ0v) is 8.43. The van der Waals surface area contributed by atoms with Crippen LogP contribution < -0.4 is 0 Å². The van der Waals surface area contributed by atoms with E-state index in [0.29, 0.717) is 6.42 Å². The van der Waals surface area contributed by atoms with Gasteiger partial charge < -0.3 is 15.3 Å². The van der Waals surface area contributed by atoms with E-state index < -0.39 is 6.23 Å². The highest BCUT2D eigenvalue weighted by atomic mass is 17.0. The van der Waals surface area contributed by atoms with Crippen molar-refractivity contribution in [2.75, 3.05) is 26.4 Å². The van der Waals surface area contributed by atoms with E-state index in [4.69, 9.17) is 19.9 Å². The number of hydrogen-bond acceptors (Lipinski definition) is 6. The van der Waals surface area contributed by atoms with E-state index in [1.165, 1.54) is 0 Å². The minimum Gasteiger partial charge on any atom is -0.394 e. The molecule has 0 amide bonds. The fourth-order valence-corrected chi connectivity index (χ4v) is 0.835. The quantitative estimate of drug-likeness (QED) is 0.342. The third-order valence-electron chi connectivity index (χ3n) is 1.41. The van der Waals surface area contributed by atoms with E-state index in [1.54, 1.807) is 0 Å². The van der Waals surface area contributed by atoms with E-state index in [-0.39, 0.29) is 26.4 Å². The summed E-state index contributed by atoms with van der Waals surface area (Å²) in [6.45, 7) is 1.70. The second-order valence-corrected chi connectivity index (χ2v) is 2.67. The Labute approximate surface area is 83.6 Å². The lowest BCUT2D eigenvalue weighted by Crippen LogP contribution is -2.36. The van der Waals surface area contributed by atoms with Crippen LogP contribution in [0.1, 0.15) is 19.8 Å². The normalized spacial score (nSPS) is 13.5. The van der Waals surface area contributed by atoms with E-state index in [0.717, 1.165) is 11.6 Å². The van der Waals surface area contributed by atoms with Crippen LogP contribution in [0.2, 0.25) is 0 Å². The zero-order chi connectivity index (χ0) is 10.8. The lowest BCUT2D eigenvalue weighted by Gasteiger charge is -2.24. The van der Waals surface area contributed by atoms with Crippen molar-refractivity contribution in [3.8, 4) is 0 Å². The van der Waals surface area contributed by atoms with Crippen LogP contribution in [-0.2, 0) is 9.68 Å². The number of nitrogens with zero attached hydrogens (tertiary/aromatic N) is 1. The van der Waals surface area contributed by atoms with E-state index >= 15 is 0 Å². The molecule has 0 saturated carbocycles. The molecule has 3 N–H and O–H groups in total. The first kappa shape index (κ1) is 13.8. The van der Waals surface area contributed by atoms with E-state index in [2.05, 4.69) is 0 Å². The summed E-state index contributed by atoms with van der Waals surface area (Å²) >= 11 is 0. The first-order valence-electron chi connectivity index (χ1n) is 4.71. The second kappa shape index (κ2) is 9.32. The number of aliphatic hydroxyl groups excluding tert-OH is 3. The molecule has 0 spiro atoms. The maximum absolute atomic E-state index is 9.47. The van der Waals surface area contributed by atoms with Crippen molar-refractivity contribution in [3.05, 3.63) is 0 Å². The fourth-order valence-electron chi connectivity index (χ4n) is 0.835. The standard InChI is InChI=1S/C8H19NO5/c1-2-3-8(12)9(13-6-4-10)14-7-5-11/h8,10-12H,2-7H2,1H3. The van der Waals surface area contributed by atoms with Gasteiger partial charge in [-0.3, -0.25) is 9.68 Å². The van der Waals surface area contributed by atoms with Gasteiger partial charge in [0.25, 0.3) is 0 Å². The minimum absolute atomic E-state index is 0.0478. The molecule has 0 heterocycles. The van der Waals surface area contributed by atoms with Crippen molar-refractivity contribution >= 4 is 0 Å². The Morgan fingerprint density at radius 3 is 2.00 bits per heavy atom. The number of hydroxylamine groups is 2. The third-order valence-corrected chi connectivity index (χ3v) is 1.41. The Balaban J connectivity index is 3.81. The molecule has 86 valence electrons. The van der Waals surface area contributed by atoms with Crippen molar-refractivity contribution in [2.24, 2.45) is 0 Å². The van der Waals surface area contributed by atoms with Gasteiger partial charge in [0.15, 0.2) is 6.23 Å². The molecular weight excluding hydrogens is 190 g/mol. The average molecular weight is 209 g/mol. The Morgan fingerprint density at radius 2 is 1.64 bits per heavy atom. The van der Waals surface area contributed by atoms with Gasteiger partial charge in [0, 0.05) is 0 Å². The molecule has 0 radical (unpaired) electrons. The van der Waals surface area contributed by atoms with Gasteiger partial charge in [-0.25, -0.2) is 0 Å². The maximum Gasteiger partial charge on any atom is 0.157 e. The number of aliphatic hydroxyl groups is 3. The Bertz CT molecular complexity index is 116. The van der Waals surface area contributed by atoms with Crippen LogP contribution in [-0.4, -0.2) is 53.2 Å². The third kappa shape index (κ3) is 6.25. The summed E-state index contributed by atoms with van der Waals surface area (Å²) in [4.78, 5) is 9.82. The molecule has 6 heteroatoms. The van der Waals surface area contributed by atoms with Crippen LogP contribution in [0.25, 0.3) is 0 Å². The lowest BCUT2D eigenvalue weighted by molar-refractivity contribution is -0.421. The average Bonchev–Trinajstić information content (AvgIpc) is 2.18. The van der Waals surface area contributed by atoms with Gasteiger partial charge in [0.05, 0.1) is 26.4 Å². The second-order valence-electron chi connectivity index (χ2n) is 2.67. The Morgan fingerprint density at radius 1 is 1.14 bits per heavy atom. The summed E-state index contributed by atoms with van der Waals surface area (Å²) in [7, 11) is 0. The Hall–Kier alpha value is -0.240. The van der Waals surface area contributed by atoms with Crippen LogP contribution in [0.4, 0.5) is 0 Å². The lowest BCUT2D eigenvalue weighted by atomic mass is 10.3. The van der Waals surface area contributed by atoms with Crippen LogP contribution >= 0.6 is 0 Å². The molecular formula is C8H19NO5. The van der Waals surface area contributed by atoms with Gasteiger partial charge in [-0.15, -0.1) is 0 Å². The highest BCUT2D eigenvalue weighted by Gasteiger charge is 2.16. The van der Waals surface area contributed by atoms with Crippen LogP contribution in [0, 0.1) is 0 Å². The summed E-state index contributed by atoms with van der Waals surface area (Å²) in [5, 5.41) is 27.4. The number of hydrogen-bond donors (Lipinski definition) is 3. The summed E-state index contributed by atoms with van der Waals surface area (Å²) in [5.74, 6) is 0. The molecule has 0 rings (SSSR count). The topological polar surface area (TPSA) is 82.4 Å². The van der Waals surface area contributed by atoms with Gasteiger partial charge in [0.2, 0.25) is 0 Å². The van der Waals surface area contributed by atoms with Crippen molar-refractivity contribution in [2.45, 2.75) is 26.0 Å². The molecule has 0 aliphatic carbocycles. The first-order chi connectivity index (χ1) is 6.76. The molecule has 0 aliphatic heterocycles. The molecule has 0 aromatic carbocycles. The van der Waals surface area contributed by atoms with Gasteiger partial charge in [-0.2, -0.15) is 0 Å². The first-order valence-corrected chi connectivity index (χ1v) is 4.71. The molecule has 1 atom stereocenters. The molecule has 14 heavy (non-hydrogen) atoms. The van der Waals surface area contributed by atoms with Gasteiger partial charge in [0.1, 0.15) is 0 Å². The molecule has 0 saturated heterocycles. The van der Waals surface area contributed by atoms with Crippen molar-refractivity contribution in [3.63, 3.8) is 0 Å². The van der Waals surface area contributed by atoms with Crippen molar-refractivity contribution in [1.82, 2.24) is 5.23 Å². The summed E-state index contributed by atoms with van der Waals surface area (Å²) < 4.78 is 0. The number of rotatable bonds is 9. The molecule has 6 nitrogen and oxygen atoms in total. The maximum atomic E-state index is 9.47. The molecule has 0 aliphatic rings. The summed E-state index contributed by atoms with van der Waals surface area (Å²) in [6, 6.07) is 0. The highest BCUT2D eigenvalue weighted by Crippen LogP contribution is 2.05. The molecule has 0 aromatic rings. The smallest absolute Gasteiger partial charge is 0.157 e. The summed E-state index contributed by atoms with van der Waals surface area (Å²) in [5.41, 5.74) is 0. The predicted molar refractivity (Wildman–Crippen MR) is 48.8 cm³/mol. The summed E-state index contributed by atoms with van der Waals surface area (Å²) in [6.07, 6.45) is 0.401. The van der Waals surface area contributed by atoms with Crippen molar-refractivity contribution in [1.29, 1.82) is 0 Å². The molecule has 0 fully saturated rings. The van der Waals surface area contributed by atoms with Crippen LogP contribution in [0.3, 0.4) is 0 Å². The SMILES string of the molecule is CCCC(O)N(OCCO)OCCO. The highest BCUT2D eigenvalue weighted by molar-refractivity contribution is 4.43. The van der Waals surface area contributed by atoms with Crippen LogP contribution in [0.5, 0.6) is 0 Å². The molecule has 0 bridgehead atoms. The van der Waals surface area contributed by atoms with Crippen LogP contribution in [0.15, 0.2) is 0 Å². The molecule has 1 unspecified atom stereocenters. The predicted octanol–water partition coefficient (Wildman–Crippen LogP) is -0.745.